The van der Waals surface area contributed by atoms with Crippen molar-refractivity contribution >= 4 is 79.6 Å². The van der Waals surface area contributed by atoms with E-state index in [1.165, 1.54) is 0 Å². The van der Waals surface area contributed by atoms with Crippen molar-refractivity contribution in [2.45, 2.75) is 6.42 Å². The molecule has 0 heterocycles. The van der Waals surface area contributed by atoms with Crippen LogP contribution < -0.4 is 9.47 Å². The van der Waals surface area contributed by atoms with Gasteiger partial charge in [0.05, 0.1) is 15.6 Å². The van der Waals surface area contributed by atoms with Crippen LogP contribution in [-0.4, -0.2) is 11.9 Å². The maximum atomic E-state index is 6.02. The third-order valence-corrected chi connectivity index (χ3v) is 5.33. The third kappa shape index (κ3) is 5.23. The smallest absolute Gasteiger partial charge is 0.176 e. The standard InChI is InChI=1S/C15H11Br5O2/c16-4-1-5-21-15-12(20)7-10(18)8-14(15)22-13-3-2-9(17)6-11(13)19/h2-3,6-8H,1,4-5H2. The van der Waals surface area contributed by atoms with E-state index in [-0.39, 0.29) is 0 Å². The third-order valence-electron chi connectivity index (χ3n) is 2.61. The summed E-state index contributed by atoms with van der Waals surface area (Å²) in [6.07, 6.45) is 0.921. The van der Waals surface area contributed by atoms with Gasteiger partial charge >= 0.3 is 0 Å². The van der Waals surface area contributed by atoms with Crippen molar-refractivity contribution in [3.8, 4) is 17.2 Å². The van der Waals surface area contributed by atoms with E-state index in [1.807, 2.05) is 30.3 Å². The van der Waals surface area contributed by atoms with Gasteiger partial charge in [0, 0.05) is 14.3 Å². The molecule has 0 aliphatic rings. The van der Waals surface area contributed by atoms with E-state index in [4.69, 9.17) is 9.47 Å². The molecule has 118 valence electrons. The van der Waals surface area contributed by atoms with Crippen molar-refractivity contribution in [2.75, 3.05) is 11.9 Å². The first-order chi connectivity index (χ1) is 10.5. The van der Waals surface area contributed by atoms with Crippen molar-refractivity contribution in [1.29, 1.82) is 0 Å². The van der Waals surface area contributed by atoms with E-state index in [0.29, 0.717) is 18.1 Å². The van der Waals surface area contributed by atoms with Crippen LogP contribution in [0.3, 0.4) is 0 Å². The van der Waals surface area contributed by atoms with E-state index in [1.54, 1.807) is 0 Å². The monoisotopic (exact) mass is 618 g/mol. The van der Waals surface area contributed by atoms with Gasteiger partial charge in [-0.25, -0.2) is 0 Å². The Hall–Kier alpha value is 0.440. The normalized spacial score (nSPS) is 10.6. The van der Waals surface area contributed by atoms with Gasteiger partial charge in [0.15, 0.2) is 11.5 Å². The largest absolute Gasteiger partial charge is 0.488 e. The summed E-state index contributed by atoms with van der Waals surface area (Å²) in [7, 11) is 0. The lowest BCUT2D eigenvalue weighted by molar-refractivity contribution is 0.301. The van der Waals surface area contributed by atoms with Crippen molar-refractivity contribution in [3.63, 3.8) is 0 Å². The van der Waals surface area contributed by atoms with E-state index in [9.17, 15) is 0 Å². The Kier molecular flexibility index (Phi) is 7.73. The molecule has 7 heteroatoms. The Morgan fingerprint density at radius 3 is 2.23 bits per heavy atom. The molecule has 0 aliphatic heterocycles. The van der Waals surface area contributed by atoms with Crippen LogP contribution in [0.4, 0.5) is 0 Å². The summed E-state index contributed by atoms with van der Waals surface area (Å²) in [5.41, 5.74) is 0. The number of hydrogen-bond donors (Lipinski definition) is 0. The maximum Gasteiger partial charge on any atom is 0.176 e. The van der Waals surface area contributed by atoms with Gasteiger partial charge in [-0.1, -0.05) is 47.8 Å². The molecule has 22 heavy (non-hydrogen) atoms. The van der Waals surface area contributed by atoms with E-state index in [2.05, 4.69) is 79.6 Å². The molecule has 2 aromatic rings. The predicted molar refractivity (Wildman–Crippen MR) is 108 cm³/mol. The molecule has 0 aliphatic carbocycles. The van der Waals surface area contributed by atoms with Crippen molar-refractivity contribution < 1.29 is 9.47 Å². The van der Waals surface area contributed by atoms with Crippen LogP contribution in [0.5, 0.6) is 17.2 Å². The molecular weight excluding hydrogens is 612 g/mol. The van der Waals surface area contributed by atoms with Gasteiger partial charge in [-0.2, -0.15) is 0 Å². The zero-order valence-corrected chi connectivity index (χ0v) is 19.1. The van der Waals surface area contributed by atoms with Crippen LogP contribution in [0, 0.1) is 0 Å². The summed E-state index contributed by atoms with van der Waals surface area (Å²) < 4.78 is 15.5. The van der Waals surface area contributed by atoms with Crippen LogP contribution in [0.2, 0.25) is 0 Å². The average Bonchev–Trinajstić information content (AvgIpc) is 2.44. The van der Waals surface area contributed by atoms with E-state index < -0.39 is 0 Å². The van der Waals surface area contributed by atoms with Gasteiger partial charge < -0.3 is 9.47 Å². The Balaban J connectivity index is 2.31. The van der Waals surface area contributed by atoms with Crippen molar-refractivity contribution in [3.05, 3.63) is 48.2 Å². The summed E-state index contributed by atoms with van der Waals surface area (Å²) in [5, 5.41) is 0.898. The molecule has 2 nitrogen and oxygen atoms in total. The molecule has 0 bridgehead atoms. The molecule has 0 fully saturated rings. The van der Waals surface area contributed by atoms with Crippen LogP contribution >= 0.6 is 79.6 Å². The predicted octanol–water partition coefficient (Wildman–Crippen LogP) is 7.69. The summed E-state index contributed by atoms with van der Waals surface area (Å²) in [6.45, 7) is 0.614. The highest BCUT2D eigenvalue weighted by Crippen LogP contribution is 2.42. The Morgan fingerprint density at radius 2 is 1.55 bits per heavy atom. The fourth-order valence-electron chi connectivity index (χ4n) is 1.66. The molecule has 0 aromatic heterocycles. The number of hydrogen-bond acceptors (Lipinski definition) is 2. The Bertz CT molecular complexity index is 661. The van der Waals surface area contributed by atoms with Crippen LogP contribution in [0.1, 0.15) is 6.42 Å². The van der Waals surface area contributed by atoms with Gasteiger partial charge in [0.25, 0.3) is 0 Å². The minimum Gasteiger partial charge on any atom is -0.488 e. The van der Waals surface area contributed by atoms with E-state index >= 15 is 0 Å². The fourth-order valence-corrected chi connectivity index (χ4v) is 4.32. The molecule has 0 radical (unpaired) electrons. The minimum atomic E-state index is 0.614. The molecule has 0 amide bonds. The summed E-state index contributed by atoms with van der Waals surface area (Å²) in [6, 6.07) is 9.59. The molecule has 0 saturated heterocycles. The maximum absolute atomic E-state index is 6.02. The second-order valence-electron chi connectivity index (χ2n) is 4.28. The van der Waals surface area contributed by atoms with Crippen LogP contribution in [0.25, 0.3) is 0 Å². The molecule has 0 spiro atoms. The lowest BCUT2D eigenvalue weighted by atomic mass is 10.3. The Labute approximate surface area is 171 Å². The Morgan fingerprint density at radius 1 is 0.818 bits per heavy atom. The highest BCUT2D eigenvalue weighted by molar-refractivity contribution is 9.11. The highest BCUT2D eigenvalue weighted by atomic mass is 79.9. The van der Waals surface area contributed by atoms with E-state index in [0.717, 1.165) is 35.4 Å². The highest BCUT2D eigenvalue weighted by Gasteiger charge is 2.14. The van der Waals surface area contributed by atoms with Gasteiger partial charge in [0.1, 0.15) is 5.75 Å². The number of rotatable bonds is 6. The van der Waals surface area contributed by atoms with Crippen molar-refractivity contribution in [2.24, 2.45) is 0 Å². The number of benzene rings is 2. The first-order valence-electron chi connectivity index (χ1n) is 6.32. The quantitative estimate of drug-likeness (QED) is 0.243. The summed E-state index contributed by atoms with van der Waals surface area (Å²) >= 11 is 17.3. The van der Waals surface area contributed by atoms with Gasteiger partial charge in [0.2, 0.25) is 0 Å². The first kappa shape index (κ1) is 18.8. The second-order valence-corrected chi connectivity index (χ2v) is 8.62. The molecule has 2 aromatic carbocycles. The zero-order chi connectivity index (χ0) is 16.1. The summed E-state index contributed by atoms with van der Waals surface area (Å²) in [5.74, 6) is 2.07. The molecule has 0 atom stereocenters. The van der Waals surface area contributed by atoms with Gasteiger partial charge in [-0.15, -0.1) is 0 Å². The minimum absolute atomic E-state index is 0.614. The van der Waals surface area contributed by atoms with Crippen LogP contribution in [0.15, 0.2) is 48.2 Å². The topological polar surface area (TPSA) is 18.5 Å². The van der Waals surface area contributed by atoms with Gasteiger partial charge in [-0.05, 0) is 68.6 Å². The molecular formula is C15H11Br5O2. The van der Waals surface area contributed by atoms with Crippen molar-refractivity contribution in [1.82, 2.24) is 0 Å². The van der Waals surface area contributed by atoms with Gasteiger partial charge in [-0.3, -0.25) is 0 Å². The molecule has 0 N–H and O–H groups in total. The van der Waals surface area contributed by atoms with Crippen LogP contribution in [-0.2, 0) is 0 Å². The summed E-state index contributed by atoms with van der Waals surface area (Å²) in [4.78, 5) is 0. The second kappa shape index (κ2) is 9.06. The lowest BCUT2D eigenvalue weighted by Crippen LogP contribution is -2.00. The average molecular weight is 623 g/mol. The zero-order valence-electron chi connectivity index (χ0n) is 11.2. The fraction of sp³-hybridized carbons (Fsp3) is 0.200. The molecule has 2 rings (SSSR count). The lowest BCUT2D eigenvalue weighted by Gasteiger charge is -2.15. The molecule has 0 saturated carbocycles. The number of halogens is 5. The number of ether oxygens (including phenoxy) is 2. The SMILES string of the molecule is BrCCCOc1c(Br)cc(Br)cc1Oc1ccc(Br)cc1Br. The molecule has 0 unspecified atom stereocenters. The number of alkyl halides is 1. The first-order valence-corrected chi connectivity index (χ1v) is 10.6.